The van der Waals surface area contributed by atoms with Crippen LogP contribution in [0.2, 0.25) is 0 Å². The first kappa shape index (κ1) is 20.4. The van der Waals surface area contributed by atoms with Crippen LogP contribution < -0.4 is 5.32 Å². The maximum Gasteiger partial charge on any atom is 0.274 e. The number of carbonyl (C=O) groups excluding carboxylic acids is 1. The number of benzene rings is 1. The number of fused-ring (bicyclic) bond motifs is 1. The van der Waals surface area contributed by atoms with Crippen molar-refractivity contribution in [1.82, 2.24) is 34.8 Å². The van der Waals surface area contributed by atoms with Crippen LogP contribution in [0.15, 0.2) is 55.0 Å². The molecule has 0 fully saturated rings. The summed E-state index contributed by atoms with van der Waals surface area (Å²) in [6.07, 6.45) is 5.69. The molecule has 0 spiro atoms. The number of para-hydroxylation sites is 1. The first-order valence-corrected chi connectivity index (χ1v) is 10.1. The van der Waals surface area contributed by atoms with E-state index in [1.807, 2.05) is 50.2 Å². The summed E-state index contributed by atoms with van der Waals surface area (Å²) >= 11 is 0. The second-order valence-electron chi connectivity index (χ2n) is 7.25. The molecule has 158 valence electrons. The molecule has 1 aromatic carbocycles. The molecule has 1 atom stereocenters. The Morgan fingerprint density at radius 3 is 2.68 bits per heavy atom. The lowest BCUT2D eigenvalue weighted by Gasteiger charge is -2.28. The van der Waals surface area contributed by atoms with Gasteiger partial charge in [-0.1, -0.05) is 25.1 Å². The van der Waals surface area contributed by atoms with Gasteiger partial charge in [-0.05, 0) is 31.5 Å². The van der Waals surface area contributed by atoms with Crippen molar-refractivity contribution >= 4 is 22.8 Å². The van der Waals surface area contributed by atoms with Crippen LogP contribution in [0, 0.1) is 6.92 Å². The third-order valence-corrected chi connectivity index (χ3v) is 5.17. The summed E-state index contributed by atoms with van der Waals surface area (Å²) in [5.74, 6) is 0.345. The quantitative estimate of drug-likeness (QED) is 0.494. The second-order valence-corrected chi connectivity index (χ2v) is 7.25. The zero-order chi connectivity index (χ0) is 21.8. The van der Waals surface area contributed by atoms with Gasteiger partial charge in [-0.15, -0.1) is 4.80 Å². The molecular weight excluding hydrogens is 392 g/mol. The molecule has 9 nitrogen and oxygen atoms in total. The van der Waals surface area contributed by atoms with Crippen molar-refractivity contribution in [1.29, 1.82) is 0 Å². The van der Waals surface area contributed by atoms with E-state index in [0.717, 1.165) is 23.0 Å². The van der Waals surface area contributed by atoms with E-state index in [0.29, 0.717) is 23.9 Å². The predicted octanol–water partition coefficient (Wildman–Crippen LogP) is 2.88. The van der Waals surface area contributed by atoms with Crippen LogP contribution >= 0.6 is 0 Å². The molecule has 3 aromatic heterocycles. The van der Waals surface area contributed by atoms with Crippen molar-refractivity contribution in [3.63, 3.8) is 0 Å². The summed E-state index contributed by atoms with van der Waals surface area (Å²) < 4.78 is 0. The van der Waals surface area contributed by atoms with E-state index in [1.54, 1.807) is 30.5 Å². The van der Waals surface area contributed by atoms with Gasteiger partial charge in [0.05, 0.1) is 17.9 Å². The summed E-state index contributed by atoms with van der Waals surface area (Å²) in [4.78, 5) is 29.8. The highest BCUT2D eigenvalue weighted by Crippen LogP contribution is 2.17. The third-order valence-electron chi connectivity index (χ3n) is 5.17. The van der Waals surface area contributed by atoms with E-state index in [-0.39, 0.29) is 11.9 Å². The monoisotopic (exact) mass is 416 g/mol. The average molecular weight is 416 g/mol. The van der Waals surface area contributed by atoms with Gasteiger partial charge in [-0.3, -0.25) is 4.79 Å². The van der Waals surface area contributed by atoms with Gasteiger partial charge in [0.25, 0.3) is 5.91 Å². The average Bonchev–Trinajstić information content (AvgIpc) is 3.33. The van der Waals surface area contributed by atoms with Gasteiger partial charge in [0.2, 0.25) is 5.95 Å². The van der Waals surface area contributed by atoms with Gasteiger partial charge >= 0.3 is 0 Å². The zero-order valence-electron chi connectivity index (χ0n) is 17.7. The number of rotatable bonds is 7. The summed E-state index contributed by atoms with van der Waals surface area (Å²) in [5, 5.41) is 12.5. The molecule has 0 unspecified atom stereocenters. The number of nitrogens with one attached hydrogen (secondary N) is 1. The van der Waals surface area contributed by atoms with Crippen molar-refractivity contribution in [2.75, 3.05) is 18.9 Å². The second kappa shape index (κ2) is 8.86. The highest BCUT2D eigenvalue weighted by atomic mass is 16.2. The van der Waals surface area contributed by atoms with E-state index in [4.69, 9.17) is 0 Å². The number of carbonyl (C=O) groups is 1. The van der Waals surface area contributed by atoms with Gasteiger partial charge < -0.3 is 10.2 Å². The fourth-order valence-electron chi connectivity index (χ4n) is 3.36. The minimum atomic E-state index is -0.191. The molecule has 0 aliphatic rings. The molecule has 1 N–H and O–H groups in total. The van der Waals surface area contributed by atoms with Crippen LogP contribution in [0.25, 0.3) is 16.6 Å². The van der Waals surface area contributed by atoms with Crippen LogP contribution in [0.4, 0.5) is 5.95 Å². The molecule has 0 bridgehead atoms. The molecule has 0 radical (unpaired) electrons. The molecule has 9 heteroatoms. The standard InChI is InChI=1S/C22H24N8O/c1-4-17(14-24-22-23-13-16-7-5-6-8-18(16)28-22)29(3)21(31)20-19(10-9-15(2)27-20)30-25-11-12-26-30/h5-13,17H,4,14H2,1-3H3,(H,23,24,28)/t17-/m0/s1. The normalized spacial score (nSPS) is 12.0. The Labute approximate surface area is 180 Å². The SMILES string of the molecule is CC[C@@H](CNc1ncc2ccccc2n1)N(C)C(=O)c1nc(C)ccc1-n1nccn1. The first-order valence-electron chi connectivity index (χ1n) is 10.1. The Kier molecular flexibility index (Phi) is 5.83. The van der Waals surface area contributed by atoms with Crippen molar-refractivity contribution in [2.24, 2.45) is 0 Å². The minimum Gasteiger partial charge on any atom is -0.352 e. The molecule has 0 saturated heterocycles. The molecule has 31 heavy (non-hydrogen) atoms. The Hall–Kier alpha value is -3.88. The maximum absolute atomic E-state index is 13.3. The largest absolute Gasteiger partial charge is 0.352 e. The van der Waals surface area contributed by atoms with Gasteiger partial charge in [-0.2, -0.15) is 10.2 Å². The smallest absolute Gasteiger partial charge is 0.274 e. The maximum atomic E-state index is 13.3. The van der Waals surface area contributed by atoms with Crippen molar-refractivity contribution in [2.45, 2.75) is 26.3 Å². The van der Waals surface area contributed by atoms with Gasteiger partial charge in [0.15, 0.2) is 5.69 Å². The number of likely N-dealkylation sites (N-methyl/N-ethyl adjacent to an activating group) is 1. The van der Waals surface area contributed by atoms with E-state index in [9.17, 15) is 4.79 Å². The molecule has 4 aromatic rings. The molecule has 0 aliphatic carbocycles. The highest BCUT2D eigenvalue weighted by Gasteiger charge is 2.25. The van der Waals surface area contributed by atoms with E-state index >= 15 is 0 Å². The highest BCUT2D eigenvalue weighted by molar-refractivity contribution is 5.95. The van der Waals surface area contributed by atoms with Crippen LogP contribution in [0.5, 0.6) is 0 Å². The number of aromatic nitrogens is 6. The fourth-order valence-corrected chi connectivity index (χ4v) is 3.36. The zero-order valence-corrected chi connectivity index (χ0v) is 17.7. The van der Waals surface area contributed by atoms with Crippen molar-refractivity contribution in [3.8, 4) is 5.69 Å². The molecule has 0 saturated carbocycles. The van der Waals surface area contributed by atoms with E-state index < -0.39 is 0 Å². The van der Waals surface area contributed by atoms with Crippen LogP contribution in [0.1, 0.15) is 29.5 Å². The number of nitrogens with zero attached hydrogens (tertiary/aromatic N) is 7. The topological polar surface area (TPSA) is 102 Å². The van der Waals surface area contributed by atoms with Crippen LogP contribution in [-0.2, 0) is 0 Å². The number of amides is 1. The Morgan fingerprint density at radius 2 is 1.90 bits per heavy atom. The molecule has 4 rings (SSSR count). The summed E-state index contributed by atoms with van der Waals surface area (Å²) in [6.45, 7) is 4.41. The van der Waals surface area contributed by atoms with Gasteiger partial charge in [-0.25, -0.2) is 15.0 Å². The first-order chi connectivity index (χ1) is 15.1. The molecule has 0 aliphatic heterocycles. The number of anilines is 1. The lowest BCUT2D eigenvalue weighted by Crippen LogP contribution is -2.42. The predicted molar refractivity (Wildman–Crippen MR) is 118 cm³/mol. The summed E-state index contributed by atoms with van der Waals surface area (Å²) in [6, 6.07) is 11.4. The molecular formula is C22H24N8O. The molecule has 1 amide bonds. The Bertz CT molecular complexity index is 1190. The number of hydrogen-bond donors (Lipinski definition) is 1. The van der Waals surface area contributed by atoms with Crippen molar-refractivity contribution in [3.05, 3.63) is 66.4 Å². The Morgan fingerprint density at radius 1 is 1.13 bits per heavy atom. The van der Waals surface area contributed by atoms with Crippen LogP contribution in [0.3, 0.4) is 0 Å². The summed E-state index contributed by atoms with van der Waals surface area (Å²) in [7, 11) is 1.78. The number of aryl methyl sites for hydroxylation is 1. The third kappa shape index (κ3) is 4.35. The lowest BCUT2D eigenvalue weighted by atomic mass is 10.1. The van der Waals surface area contributed by atoms with Crippen LogP contribution in [-0.4, -0.2) is 60.4 Å². The summed E-state index contributed by atoms with van der Waals surface area (Å²) in [5.41, 5.74) is 2.49. The fraction of sp³-hybridized carbons (Fsp3) is 0.273. The lowest BCUT2D eigenvalue weighted by molar-refractivity contribution is 0.0729. The minimum absolute atomic E-state index is 0.0803. The number of pyridine rings is 1. The van der Waals surface area contributed by atoms with Crippen molar-refractivity contribution < 1.29 is 4.79 Å². The number of hydrogen-bond acceptors (Lipinski definition) is 7. The van der Waals surface area contributed by atoms with E-state index in [1.165, 1.54) is 4.80 Å². The van der Waals surface area contributed by atoms with E-state index in [2.05, 4.69) is 30.5 Å². The molecule has 3 heterocycles. The van der Waals surface area contributed by atoms with Gasteiger partial charge in [0.1, 0.15) is 5.69 Å². The van der Waals surface area contributed by atoms with Gasteiger partial charge in [0, 0.05) is 36.9 Å². The Balaban J connectivity index is 1.52.